The van der Waals surface area contributed by atoms with Crippen molar-refractivity contribution >= 4 is 5.97 Å². The van der Waals surface area contributed by atoms with Crippen LogP contribution in [-0.4, -0.2) is 24.3 Å². The third-order valence-electron chi connectivity index (χ3n) is 3.54. The van der Waals surface area contributed by atoms with Crippen LogP contribution in [0.1, 0.15) is 41.3 Å². The van der Waals surface area contributed by atoms with Crippen LogP contribution in [0, 0.1) is 0 Å². The fourth-order valence-corrected chi connectivity index (χ4v) is 2.53. The summed E-state index contributed by atoms with van der Waals surface area (Å²) >= 11 is 0. The van der Waals surface area contributed by atoms with Gasteiger partial charge in [-0.3, -0.25) is 0 Å². The van der Waals surface area contributed by atoms with Crippen molar-refractivity contribution in [2.45, 2.75) is 31.7 Å². The molecule has 1 unspecified atom stereocenters. The lowest BCUT2D eigenvalue weighted by molar-refractivity contribution is 0.0363. The van der Waals surface area contributed by atoms with Gasteiger partial charge in [0.1, 0.15) is 0 Å². The maximum absolute atomic E-state index is 11.0. The van der Waals surface area contributed by atoms with Crippen LogP contribution < -0.4 is 5.73 Å². The van der Waals surface area contributed by atoms with E-state index in [4.69, 9.17) is 15.6 Å². The molecule has 1 aliphatic heterocycles. The second-order valence-electron chi connectivity index (χ2n) is 4.84. The summed E-state index contributed by atoms with van der Waals surface area (Å²) in [6.07, 6.45) is 2.60. The van der Waals surface area contributed by atoms with E-state index in [0.717, 1.165) is 37.0 Å². The summed E-state index contributed by atoms with van der Waals surface area (Å²) in [6.45, 7) is 3.28. The van der Waals surface area contributed by atoms with Crippen molar-refractivity contribution in [3.05, 3.63) is 34.9 Å². The van der Waals surface area contributed by atoms with E-state index in [1.54, 1.807) is 12.1 Å². The van der Waals surface area contributed by atoms with Gasteiger partial charge in [-0.2, -0.15) is 0 Å². The first-order valence-corrected chi connectivity index (χ1v) is 6.30. The molecule has 0 aromatic heterocycles. The highest BCUT2D eigenvalue weighted by Gasteiger charge is 2.32. The lowest BCUT2D eigenvalue weighted by Crippen LogP contribution is -2.45. The third kappa shape index (κ3) is 2.40. The van der Waals surface area contributed by atoms with Crippen molar-refractivity contribution in [2.24, 2.45) is 5.73 Å². The van der Waals surface area contributed by atoms with Crippen LogP contribution in [-0.2, 0) is 16.7 Å². The molecule has 4 heteroatoms. The van der Waals surface area contributed by atoms with Crippen molar-refractivity contribution in [3.8, 4) is 0 Å². The maximum Gasteiger partial charge on any atom is 0.335 e. The Morgan fingerprint density at radius 3 is 2.89 bits per heavy atom. The standard InChI is InChI=1S/C14H19NO3/c1-2-10-8-11(13(16)17)4-5-12(10)14(15)6-3-7-18-9-14/h4-5,8H,2-3,6-7,9,15H2,1H3,(H,16,17). The molecule has 1 aliphatic rings. The van der Waals surface area contributed by atoms with Crippen molar-refractivity contribution in [1.29, 1.82) is 0 Å². The Morgan fingerprint density at radius 1 is 1.56 bits per heavy atom. The molecule has 1 atom stereocenters. The van der Waals surface area contributed by atoms with E-state index in [9.17, 15) is 4.79 Å². The number of aryl methyl sites for hydroxylation is 1. The number of hydrogen-bond donors (Lipinski definition) is 2. The minimum Gasteiger partial charge on any atom is -0.478 e. The van der Waals surface area contributed by atoms with Gasteiger partial charge in [0.15, 0.2) is 0 Å². The molecule has 18 heavy (non-hydrogen) atoms. The number of ether oxygens (including phenoxy) is 1. The number of carboxylic acids is 1. The Morgan fingerprint density at radius 2 is 2.33 bits per heavy atom. The molecule has 0 spiro atoms. The van der Waals surface area contributed by atoms with E-state index < -0.39 is 11.5 Å². The average Bonchev–Trinajstić information content (AvgIpc) is 2.38. The fraction of sp³-hybridized carbons (Fsp3) is 0.500. The Hall–Kier alpha value is -1.39. The van der Waals surface area contributed by atoms with Crippen LogP contribution >= 0.6 is 0 Å². The van der Waals surface area contributed by atoms with Crippen molar-refractivity contribution in [1.82, 2.24) is 0 Å². The van der Waals surface area contributed by atoms with E-state index in [1.807, 2.05) is 13.0 Å². The predicted octanol–water partition coefficient (Wildman–Crippen LogP) is 1.91. The lowest BCUT2D eigenvalue weighted by Gasteiger charge is -2.35. The van der Waals surface area contributed by atoms with Gasteiger partial charge in [0, 0.05) is 6.61 Å². The summed E-state index contributed by atoms with van der Waals surface area (Å²) in [5.74, 6) is -0.901. The lowest BCUT2D eigenvalue weighted by atomic mass is 9.82. The maximum atomic E-state index is 11.0. The number of rotatable bonds is 3. The molecule has 0 saturated carbocycles. The van der Waals surface area contributed by atoms with E-state index in [1.165, 1.54) is 0 Å². The summed E-state index contributed by atoms with van der Waals surface area (Å²) in [5.41, 5.74) is 8.28. The quantitative estimate of drug-likeness (QED) is 0.858. The molecule has 3 N–H and O–H groups in total. The molecule has 0 amide bonds. The number of carboxylic acid groups (broad SMARTS) is 1. The number of aromatic carboxylic acids is 1. The highest BCUT2D eigenvalue weighted by Crippen LogP contribution is 2.31. The summed E-state index contributed by atoms with van der Waals surface area (Å²) in [7, 11) is 0. The van der Waals surface area contributed by atoms with Crippen LogP contribution in [0.2, 0.25) is 0 Å². The van der Waals surface area contributed by atoms with E-state index in [2.05, 4.69) is 0 Å². The summed E-state index contributed by atoms with van der Waals surface area (Å²) < 4.78 is 5.48. The zero-order chi connectivity index (χ0) is 13.2. The van der Waals surface area contributed by atoms with Gasteiger partial charge in [0.2, 0.25) is 0 Å². The SMILES string of the molecule is CCc1cc(C(=O)O)ccc1C1(N)CCCOC1. The molecule has 0 radical (unpaired) electrons. The first-order valence-electron chi connectivity index (χ1n) is 6.30. The second kappa shape index (κ2) is 5.08. The van der Waals surface area contributed by atoms with Crippen molar-refractivity contribution < 1.29 is 14.6 Å². The van der Waals surface area contributed by atoms with Crippen LogP contribution in [0.3, 0.4) is 0 Å². The Kier molecular flexibility index (Phi) is 3.68. The van der Waals surface area contributed by atoms with Gasteiger partial charge < -0.3 is 15.6 Å². The first kappa shape index (κ1) is 13.1. The number of carbonyl (C=O) groups is 1. The molecule has 1 saturated heterocycles. The topological polar surface area (TPSA) is 72.5 Å². The minimum atomic E-state index is -0.901. The van der Waals surface area contributed by atoms with Gasteiger partial charge in [-0.05, 0) is 42.5 Å². The molecule has 0 bridgehead atoms. The Balaban J connectivity index is 2.40. The number of nitrogens with two attached hydrogens (primary N) is 1. The van der Waals surface area contributed by atoms with Gasteiger partial charge >= 0.3 is 5.97 Å². The second-order valence-corrected chi connectivity index (χ2v) is 4.84. The van der Waals surface area contributed by atoms with Gasteiger partial charge in [0.25, 0.3) is 0 Å². The molecule has 4 nitrogen and oxygen atoms in total. The third-order valence-corrected chi connectivity index (χ3v) is 3.54. The summed E-state index contributed by atoms with van der Waals surface area (Å²) in [5, 5.41) is 9.01. The van der Waals surface area contributed by atoms with Crippen LogP contribution in [0.4, 0.5) is 0 Å². The monoisotopic (exact) mass is 249 g/mol. The van der Waals surface area contributed by atoms with E-state index in [0.29, 0.717) is 12.2 Å². The van der Waals surface area contributed by atoms with Gasteiger partial charge in [-0.15, -0.1) is 0 Å². The van der Waals surface area contributed by atoms with Crippen LogP contribution in [0.25, 0.3) is 0 Å². The molecule has 1 aromatic carbocycles. The molecule has 1 aromatic rings. The normalized spacial score (nSPS) is 23.9. The zero-order valence-corrected chi connectivity index (χ0v) is 10.6. The van der Waals surface area contributed by atoms with Gasteiger partial charge in [-0.25, -0.2) is 4.79 Å². The minimum absolute atomic E-state index is 0.316. The Bertz CT molecular complexity index is 450. The summed E-state index contributed by atoms with van der Waals surface area (Å²) in [4.78, 5) is 11.0. The summed E-state index contributed by atoms with van der Waals surface area (Å²) in [6, 6.07) is 5.19. The average molecular weight is 249 g/mol. The van der Waals surface area contributed by atoms with Gasteiger partial charge in [0.05, 0.1) is 17.7 Å². The molecular formula is C14H19NO3. The van der Waals surface area contributed by atoms with Crippen molar-refractivity contribution in [2.75, 3.05) is 13.2 Å². The van der Waals surface area contributed by atoms with E-state index in [-0.39, 0.29) is 0 Å². The Labute approximate surface area is 107 Å². The first-order chi connectivity index (χ1) is 8.57. The van der Waals surface area contributed by atoms with Crippen LogP contribution in [0.5, 0.6) is 0 Å². The molecule has 0 aliphatic carbocycles. The molecule has 98 valence electrons. The number of hydrogen-bond acceptors (Lipinski definition) is 3. The van der Waals surface area contributed by atoms with E-state index >= 15 is 0 Å². The van der Waals surface area contributed by atoms with Crippen molar-refractivity contribution in [3.63, 3.8) is 0 Å². The highest BCUT2D eigenvalue weighted by atomic mass is 16.5. The zero-order valence-electron chi connectivity index (χ0n) is 10.6. The molecular weight excluding hydrogens is 230 g/mol. The van der Waals surface area contributed by atoms with Crippen LogP contribution in [0.15, 0.2) is 18.2 Å². The largest absolute Gasteiger partial charge is 0.478 e. The predicted molar refractivity (Wildman–Crippen MR) is 68.7 cm³/mol. The fourth-order valence-electron chi connectivity index (χ4n) is 2.53. The highest BCUT2D eigenvalue weighted by molar-refractivity contribution is 5.88. The molecule has 1 fully saturated rings. The molecule has 1 heterocycles. The molecule has 2 rings (SSSR count). The smallest absolute Gasteiger partial charge is 0.335 e. The van der Waals surface area contributed by atoms with Gasteiger partial charge in [-0.1, -0.05) is 13.0 Å². The number of benzene rings is 1.